The lowest BCUT2D eigenvalue weighted by Gasteiger charge is -2.13. The van der Waals surface area contributed by atoms with Gasteiger partial charge in [0.15, 0.2) is 0 Å². The second-order valence-corrected chi connectivity index (χ2v) is 4.46. The monoisotopic (exact) mass is 216 g/mol. The SMILES string of the molecule is CC(=O)OC[C@H](C)CCC[C@H](C)CCO. The van der Waals surface area contributed by atoms with Crippen LogP contribution in [0.1, 0.15) is 46.5 Å². The fourth-order valence-corrected chi connectivity index (χ4v) is 1.52. The van der Waals surface area contributed by atoms with Crippen LogP contribution in [0.3, 0.4) is 0 Å². The fourth-order valence-electron chi connectivity index (χ4n) is 1.52. The Morgan fingerprint density at radius 3 is 2.33 bits per heavy atom. The summed E-state index contributed by atoms with van der Waals surface area (Å²) in [4.78, 5) is 10.6. The third-order valence-electron chi connectivity index (χ3n) is 2.59. The number of aliphatic hydroxyl groups excluding tert-OH is 1. The lowest BCUT2D eigenvalue weighted by atomic mass is 9.97. The lowest BCUT2D eigenvalue weighted by Crippen LogP contribution is -2.09. The lowest BCUT2D eigenvalue weighted by molar-refractivity contribution is -0.142. The zero-order chi connectivity index (χ0) is 11.7. The minimum Gasteiger partial charge on any atom is -0.466 e. The highest BCUT2D eigenvalue weighted by molar-refractivity contribution is 5.65. The first kappa shape index (κ1) is 14.4. The van der Waals surface area contributed by atoms with E-state index in [9.17, 15) is 4.79 Å². The summed E-state index contributed by atoms with van der Waals surface area (Å²) in [6.45, 7) is 6.51. The van der Waals surface area contributed by atoms with Crippen LogP contribution in [-0.2, 0) is 9.53 Å². The van der Waals surface area contributed by atoms with E-state index in [4.69, 9.17) is 9.84 Å². The van der Waals surface area contributed by atoms with Crippen LogP contribution in [0, 0.1) is 11.8 Å². The molecule has 3 heteroatoms. The maximum atomic E-state index is 10.6. The first-order valence-electron chi connectivity index (χ1n) is 5.80. The zero-order valence-corrected chi connectivity index (χ0v) is 10.2. The van der Waals surface area contributed by atoms with Gasteiger partial charge in [-0.05, 0) is 24.7 Å². The predicted octanol–water partition coefficient (Wildman–Crippen LogP) is 2.37. The molecule has 0 bridgehead atoms. The Morgan fingerprint density at radius 1 is 1.20 bits per heavy atom. The molecule has 0 aromatic heterocycles. The van der Waals surface area contributed by atoms with Crippen molar-refractivity contribution < 1.29 is 14.6 Å². The third kappa shape index (κ3) is 9.73. The molecule has 1 N–H and O–H groups in total. The molecule has 2 atom stereocenters. The summed E-state index contributed by atoms with van der Waals surface area (Å²) in [5.41, 5.74) is 0. The van der Waals surface area contributed by atoms with E-state index in [0.717, 1.165) is 25.7 Å². The Balaban J connectivity index is 3.37. The van der Waals surface area contributed by atoms with Gasteiger partial charge in [-0.1, -0.05) is 26.7 Å². The summed E-state index contributed by atoms with van der Waals surface area (Å²) in [6.07, 6.45) is 4.26. The van der Waals surface area contributed by atoms with Gasteiger partial charge in [-0.3, -0.25) is 4.79 Å². The maximum absolute atomic E-state index is 10.6. The van der Waals surface area contributed by atoms with Gasteiger partial charge in [0.05, 0.1) is 6.61 Å². The van der Waals surface area contributed by atoms with E-state index >= 15 is 0 Å². The smallest absolute Gasteiger partial charge is 0.302 e. The minimum atomic E-state index is -0.199. The Labute approximate surface area is 92.8 Å². The van der Waals surface area contributed by atoms with Crippen molar-refractivity contribution in [1.82, 2.24) is 0 Å². The van der Waals surface area contributed by atoms with E-state index in [-0.39, 0.29) is 12.6 Å². The van der Waals surface area contributed by atoms with E-state index in [1.165, 1.54) is 6.92 Å². The zero-order valence-electron chi connectivity index (χ0n) is 10.2. The van der Waals surface area contributed by atoms with E-state index in [1.54, 1.807) is 0 Å². The molecule has 0 aliphatic heterocycles. The topological polar surface area (TPSA) is 46.5 Å². The molecule has 0 heterocycles. The van der Waals surface area contributed by atoms with Gasteiger partial charge in [0.25, 0.3) is 0 Å². The normalized spacial score (nSPS) is 14.7. The van der Waals surface area contributed by atoms with Gasteiger partial charge in [-0.15, -0.1) is 0 Å². The molecule has 0 rings (SSSR count). The fraction of sp³-hybridized carbons (Fsp3) is 0.917. The molecule has 0 fully saturated rings. The Kier molecular flexibility index (Phi) is 8.38. The van der Waals surface area contributed by atoms with Crippen LogP contribution in [-0.4, -0.2) is 24.3 Å². The van der Waals surface area contributed by atoms with Crippen molar-refractivity contribution in [3.63, 3.8) is 0 Å². The molecule has 0 amide bonds. The van der Waals surface area contributed by atoms with Crippen LogP contribution in [0.25, 0.3) is 0 Å². The molecule has 0 radical (unpaired) electrons. The number of carbonyl (C=O) groups excluding carboxylic acids is 1. The first-order chi connectivity index (χ1) is 7.06. The maximum Gasteiger partial charge on any atom is 0.302 e. The minimum absolute atomic E-state index is 0.199. The van der Waals surface area contributed by atoms with E-state index in [0.29, 0.717) is 18.4 Å². The molecule has 3 nitrogen and oxygen atoms in total. The predicted molar refractivity (Wildman–Crippen MR) is 60.5 cm³/mol. The van der Waals surface area contributed by atoms with Gasteiger partial charge in [0.2, 0.25) is 0 Å². The van der Waals surface area contributed by atoms with Gasteiger partial charge in [-0.25, -0.2) is 0 Å². The van der Waals surface area contributed by atoms with E-state index in [1.807, 2.05) is 0 Å². The molecule has 90 valence electrons. The molecule has 0 aromatic carbocycles. The van der Waals surface area contributed by atoms with Crippen LogP contribution in [0.15, 0.2) is 0 Å². The van der Waals surface area contributed by atoms with Crippen molar-refractivity contribution >= 4 is 5.97 Å². The van der Waals surface area contributed by atoms with Crippen molar-refractivity contribution in [2.24, 2.45) is 11.8 Å². The van der Waals surface area contributed by atoms with Gasteiger partial charge >= 0.3 is 5.97 Å². The number of ether oxygens (including phenoxy) is 1. The number of hydrogen-bond acceptors (Lipinski definition) is 3. The number of carbonyl (C=O) groups is 1. The van der Waals surface area contributed by atoms with Crippen LogP contribution >= 0.6 is 0 Å². The van der Waals surface area contributed by atoms with Crippen LogP contribution in [0.4, 0.5) is 0 Å². The number of hydrogen-bond donors (Lipinski definition) is 1. The molecule has 0 saturated carbocycles. The highest BCUT2D eigenvalue weighted by Crippen LogP contribution is 2.15. The van der Waals surface area contributed by atoms with Crippen molar-refractivity contribution in [1.29, 1.82) is 0 Å². The molecular formula is C12H24O3. The number of esters is 1. The van der Waals surface area contributed by atoms with Crippen molar-refractivity contribution in [2.45, 2.75) is 46.5 Å². The van der Waals surface area contributed by atoms with E-state index in [2.05, 4.69) is 13.8 Å². The average Bonchev–Trinajstić information content (AvgIpc) is 2.15. The largest absolute Gasteiger partial charge is 0.466 e. The number of aliphatic hydroxyl groups is 1. The molecular weight excluding hydrogens is 192 g/mol. The number of rotatable bonds is 8. The van der Waals surface area contributed by atoms with Crippen LogP contribution in [0.5, 0.6) is 0 Å². The Morgan fingerprint density at radius 2 is 1.80 bits per heavy atom. The van der Waals surface area contributed by atoms with Gasteiger partial charge < -0.3 is 9.84 Å². The van der Waals surface area contributed by atoms with Gasteiger partial charge in [-0.2, -0.15) is 0 Å². The average molecular weight is 216 g/mol. The van der Waals surface area contributed by atoms with Crippen molar-refractivity contribution in [3.05, 3.63) is 0 Å². The van der Waals surface area contributed by atoms with Crippen LogP contribution in [0.2, 0.25) is 0 Å². The molecule has 0 unspecified atom stereocenters. The summed E-state index contributed by atoms with van der Waals surface area (Å²) in [6, 6.07) is 0. The van der Waals surface area contributed by atoms with Gasteiger partial charge in [0.1, 0.15) is 0 Å². The summed E-state index contributed by atoms with van der Waals surface area (Å²) < 4.78 is 4.93. The van der Waals surface area contributed by atoms with Crippen molar-refractivity contribution in [3.8, 4) is 0 Å². The highest BCUT2D eigenvalue weighted by Gasteiger charge is 2.06. The Bertz CT molecular complexity index is 168. The second kappa shape index (κ2) is 8.72. The van der Waals surface area contributed by atoms with Crippen molar-refractivity contribution in [2.75, 3.05) is 13.2 Å². The molecule has 0 spiro atoms. The third-order valence-corrected chi connectivity index (χ3v) is 2.59. The molecule has 15 heavy (non-hydrogen) atoms. The highest BCUT2D eigenvalue weighted by atomic mass is 16.5. The molecule has 0 aliphatic rings. The van der Waals surface area contributed by atoms with Gasteiger partial charge in [0, 0.05) is 13.5 Å². The standard InChI is InChI=1S/C12H24O3/c1-10(7-8-13)5-4-6-11(2)9-15-12(3)14/h10-11,13H,4-9H2,1-3H3/t10-,11+/m0/s1. The summed E-state index contributed by atoms with van der Waals surface area (Å²) in [5.74, 6) is 0.835. The first-order valence-corrected chi connectivity index (χ1v) is 5.80. The summed E-state index contributed by atoms with van der Waals surface area (Å²) in [5, 5.41) is 8.73. The quantitative estimate of drug-likeness (QED) is 0.634. The molecule has 0 aliphatic carbocycles. The molecule has 0 saturated heterocycles. The van der Waals surface area contributed by atoms with E-state index < -0.39 is 0 Å². The van der Waals surface area contributed by atoms with Crippen LogP contribution < -0.4 is 0 Å². The Hall–Kier alpha value is -0.570. The summed E-state index contributed by atoms with van der Waals surface area (Å²) >= 11 is 0. The second-order valence-electron chi connectivity index (χ2n) is 4.46. The summed E-state index contributed by atoms with van der Waals surface area (Å²) in [7, 11) is 0. The molecule has 0 aromatic rings.